The standard InChI is InChI=1S/C11H21NO3/c1-10(2,3)15-9(14)11(5-4-6-11)12-7-8-13/h12-13H,4-8H2,1-3H3. The molecule has 15 heavy (non-hydrogen) atoms. The molecule has 0 amide bonds. The summed E-state index contributed by atoms with van der Waals surface area (Å²) in [6.07, 6.45) is 2.65. The first-order valence-corrected chi connectivity index (χ1v) is 5.49. The smallest absolute Gasteiger partial charge is 0.326 e. The summed E-state index contributed by atoms with van der Waals surface area (Å²) >= 11 is 0. The van der Waals surface area contributed by atoms with Gasteiger partial charge in [0.25, 0.3) is 0 Å². The fourth-order valence-corrected chi connectivity index (χ4v) is 1.65. The van der Waals surface area contributed by atoms with E-state index in [1.54, 1.807) is 0 Å². The Morgan fingerprint density at radius 1 is 1.47 bits per heavy atom. The number of carbonyl (C=O) groups is 1. The lowest BCUT2D eigenvalue weighted by atomic mass is 9.76. The number of aliphatic hydroxyl groups excluding tert-OH is 1. The predicted octanol–water partition coefficient (Wildman–Crippen LogP) is 0.833. The number of hydrogen-bond acceptors (Lipinski definition) is 4. The normalized spacial score (nSPS) is 19.5. The number of aliphatic hydroxyl groups is 1. The van der Waals surface area contributed by atoms with E-state index in [0.29, 0.717) is 6.54 Å². The molecule has 0 aromatic heterocycles. The van der Waals surface area contributed by atoms with Crippen LogP contribution < -0.4 is 5.32 Å². The molecule has 1 saturated carbocycles. The summed E-state index contributed by atoms with van der Waals surface area (Å²) in [5, 5.41) is 11.8. The van der Waals surface area contributed by atoms with Crippen molar-refractivity contribution in [2.75, 3.05) is 13.2 Å². The minimum absolute atomic E-state index is 0.0462. The van der Waals surface area contributed by atoms with Crippen LogP contribution in [0.4, 0.5) is 0 Å². The second kappa shape index (κ2) is 4.49. The van der Waals surface area contributed by atoms with Crippen LogP contribution in [0, 0.1) is 0 Å². The zero-order valence-electron chi connectivity index (χ0n) is 9.80. The lowest BCUT2D eigenvalue weighted by Crippen LogP contribution is -2.59. The molecule has 0 spiro atoms. The highest BCUT2D eigenvalue weighted by atomic mass is 16.6. The third kappa shape index (κ3) is 3.18. The van der Waals surface area contributed by atoms with Crippen LogP contribution in [0.2, 0.25) is 0 Å². The first-order valence-electron chi connectivity index (χ1n) is 5.49. The minimum atomic E-state index is -0.532. The summed E-state index contributed by atoms with van der Waals surface area (Å²) < 4.78 is 5.36. The minimum Gasteiger partial charge on any atom is -0.459 e. The van der Waals surface area contributed by atoms with Gasteiger partial charge in [-0.2, -0.15) is 0 Å². The Kier molecular flexibility index (Phi) is 3.73. The molecule has 0 heterocycles. The fraction of sp³-hybridized carbons (Fsp3) is 0.909. The molecule has 0 aromatic carbocycles. The van der Waals surface area contributed by atoms with Crippen molar-refractivity contribution in [1.29, 1.82) is 0 Å². The summed E-state index contributed by atoms with van der Waals surface area (Å²) in [5.41, 5.74) is -0.976. The molecule has 0 aliphatic heterocycles. The van der Waals surface area contributed by atoms with Crippen LogP contribution in [0.1, 0.15) is 40.0 Å². The maximum atomic E-state index is 11.9. The molecule has 0 saturated heterocycles. The topological polar surface area (TPSA) is 58.6 Å². The van der Waals surface area contributed by atoms with Crippen LogP contribution in [-0.2, 0) is 9.53 Å². The van der Waals surface area contributed by atoms with Crippen molar-refractivity contribution in [2.24, 2.45) is 0 Å². The molecule has 0 unspecified atom stereocenters. The molecular weight excluding hydrogens is 194 g/mol. The Balaban J connectivity index is 2.54. The zero-order valence-corrected chi connectivity index (χ0v) is 9.80. The molecule has 0 radical (unpaired) electrons. The Bertz CT molecular complexity index is 228. The number of ether oxygens (including phenoxy) is 1. The summed E-state index contributed by atoms with van der Waals surface area (Å²) in [6, 6.07) is 0. The Labute approximate surface area is 91.0 Å². The summed E-state index contributed by atoms with van der Waals surface area (Å²) in [4.78, 5) is 11.9. The third-order valence-electron chi connectivity index (χ3n) is 2.57. The van der Waals surface area contributed by atoms with Gasteiger partial charge in [-0.1, -0.05) is 0 Å². The second-order valence-electron chi connectivity index (χ2n) is 5.09. The summed E-state index contributed by atoms with van der Waals surface area (Å²) in [6.45, 7) is 6.08. The molecule has 0 atom stereocenters. The number of nitrogens with one attached hydrogen (secondary N) is 1. The van der Waals surface area contributed by atoms with Crippen LogP contribution in [0.5, 0.6) is 0 Å². The fourth-order valence-electron chi connectivity index (χ4n) is 1.65. The van der Waals surface area contributed by atoms with Crippen LogP contribution in [0.15, 0.2) is 0 Å². The molecule has 1 fully saturated rings. The number of rotatable bonds is 4. The van der Waals surface area contributed by atoms with E-state index < -0.39 is 11.1 Å². The van der Waals surface area contributed by atoms with Gasteiger partial charge in [-0.3, -0.25) is 10.1 Å². The predicted molar refractivity (Wildman–Crippen MR) is 57.5 cm³/mol. The average molecular weight is 215 g/mol. The largest absolute Gasteiger partial charge is 0.459 e. The average Bonchev–Trinajstić information content (AvgIpc) is 1.99. The second-order valence-corrected chi connectivity index (χ2v) is 5.09. The Morgan fingerprint density at radius 2 is 2.07 bits per heavy atom. The van der Waals surface area contributed by atoms with E-state index in [2.05, 4.69) is 5.32 Å². The van der Waals surface area contributed by atoms with Crippen molar-refractivity contribution in [2.45, 2.75) is 51.2 Å². The van der Waals surface area contributed by atoms with Crippen LogP contribution in [-0.4, -0.2) is 35.4 Å². The van der Waals surface area contributed by atoms with E-state index in [4.69, 9.17) is 9.84 Å². The molecule has 1 rings (SSSR count). The highest BCUT2D eigenvalue weighted by molar-refractivity contribution is 5.82. The van der Waals surface area contributed by atoms with Crippen molar-refractivity contribution in [3.05, 3.63) is 0 Å². The lowest BCUT2D eigenvalue weighted by molar-refractivity contribution is -0.167. The monoisotopic (exact) mass is 215 g/mol. The summed E-state index contributed by atoms with van der Waals surface area (Å²) in [7, 11) is 0. The summed E-state index contributed by atoms with van der Waals surface area (Å²) in [5.74, 6) is -0.185. The van der Waals surface area contributed by atoms with Crippen molar-refractivity contribution in [1.82, 2.24) is 5.32 Å². The van der Waals surface area contributed by atoms with Gasteiger partial charge >= 0.3 is 5.97 Å². The van der Waals surface area contributed by atoms with Crippen LogP contribution >= 0.6 is 0 Å². The van der Waals surface area contributed by atoms with Crippen molar-refractivity contribution in [3.63, 3.8) is 0 Å². The van der Waals surface area contributed by atoms with E-state index in [1.165, 1.54) is 0 Å². The van der Waals surface area contributed by atoms with Gasteiger partial charge in [-0.15, -0.1) is 0 Å². The molecule has 0 bridgehead atoms. The van der Waals surface area contributed by atoms with Crippen LogP contribution in [0.3, 0.4) is 0 Å². The van der Waals surface area contributed by atoms with Gasteiger partial charge in [0.2, 0.25) is 0 Å². The van der Waals surface area contributed by atoms with Gasteiger partial charge in [0, 0.05) is 6.54 Å². The Morgan fingerprint density at radius 3 is 2.40 bits per heavy atom. The van der Waals surface area contributed by atoms with Gasteiger partial charge in [0.1, 0.15) is 11.1 Å². The lowest BCUT2D eigenvalue weighted by Gasteiger charge is -2.41. The first-order chi connectivity index (χ1) is 6.90. The van der Waals surface area contributed by atoms with Crippen molar-refractivity contribution < 1.29 is 14.6 Å². The Hall–Kier alpha value is -0.610. The molecule has 1 aliphatic rings. The third-order valence-corrected chi connectivity index (χ3v) is 2.57. The molecule has 1 aliphatic carbocycles. The van der Waals surface area contributed by atoms with E-state index in [0.717, 1.165) is 19.3 Å². The maximum absolute atomic E-state index is 11.9. The number of esters is 1. The number of hydrogen-bond donors (Lipinski definition) is 2. The molecule has 4 nitrogen and oxygen atoms in total. The van der Waals surface area contributed by atoms with E-state index in [-0.39, 0.29) is 12.6 Å². The highest BCUT2D eigenvalue weighted by Gasteiger charge is 2.46. The van der Waals surface area contributed by atoms with Gasteiger partial charge in [0.15, 0.2) is 0 Å². The van der Waals surface area contributed by atoms with Gasteiger partial charge in [-0.25, -0.2) is 0 Å². The van der Waals surface area contributed by atoms with E-state index >= 15 is 0 Å². The SMILES string of the molecule is CC(C)(C)OC(=O)C1(NCCO)CCC1. The van der Waals surface area contributed by atoms with Gasteiger partial charge in [-0.05, 0) is 40.0 Å². The molecule has 4 heteroatoms. The van der Waals surface area contributed by atoms with Crippen molar-refractivity contribution in [3.8, 4) is 0 Å². The quantitative estimate of drug-likeness (QED) is 0.682. The molecule has 0 aromatic rings. The first kappa shape index (κ1) is 12.5. The highest BCUT2D eigenvalue weighted by Crippen LogP contribution is 2.34. The number of carbonyl (C=O) groups excluding carboxylic acids is 1. The van der Waals surface area contributed by atoms with E-state index in [1.807, 2.05) is 20.8 Å². The maximum Gasteiger partial charge on any atom is 0.326 e. The van der Waals surface area contributed by atoms with Gasteiger partial charge in [0.05, 0.1) is 6.61 Å². The molecular formula is C11H21NO3. The number of β-amino-alcohol motifs (C(OH)–C–C–N with tert-alkyl or cyclic N) is 1. The van der Waals surface area contributed by atoms with Gasteiger partial charge < -0.3 is 9.84 Å². The van der Waals surface area contributed by atoms with Crippen molar-refractivity contribution >= 4 is 5.97 Å². The molecule has 88 valence electrons. The molecule has 2 N–H and O–H groups in total. The van der Waals surface area contributed by atoms with E-state index in [9.17, 15) is 4.79 Å². The van der Waals surface area contributed by atoms with Crippen LogP contribution in [0.25, 0.3) is 0 Å². The zero-order chi connectivity index (χ0) is 11.5.